The van der Waals surface area contributed by atoms with Gasteiger partial charge in [-0.3, -0.25) is 9.69 Å². The number of phenols is 1. The van der Waals surface area contributed by atoms with Crippen molar-refractivity contribution in [2.24, 2.45) is 4.99 Å². The topological polar surface area (TPSA) is 62.1 Å². The highest BCUT2D eigenvalue weighted by atomic mass is 35.5. The molecule has 1 N–H and O–H groups in total. The molecule has 0 atom stereocenters. The van der Waals surface area contributed by atoms with Gasteiger partial charge in [0.25, 0.3) is 5.91 Å². The molecule has 1 fully saturated rings. The van der Waals surface area contributed by atoms with Crippen LogP contribution in [0, 0.1) is 0 Å². The van der Waals surface area contributed by atoms with Crippen LogP contribution in [0.15, 0.2) is 46.3 Å². The van der Waals surface area contributed by atoms with E-state index in [2.05, 4.69) is 4.99 Å². The maximum absolute atomic E-state index is 12.7. The quantitative estimate of drug-likeness (QED) is 0.676. The number of amides is 1. The fourth-order valence-corrected chi connectivity index (χ4v) is 4.02. The third-order valence-electron chi connectivity index (χ3n) is 3.84. The van der Waals surface area contributed by atoms with Crippen molar-refractivity contribution in [2.45, 2.75) is 6.92 Å². The number of thioether (sulfide) groups is 1. The predicted octanol–water partition coefficient (Wildman–Crippen LogP) is 5.33. The number of benzene rings is 2. The lowest BCUT2D eigenvalue weighted by molar-refractivity contribution is -0.122. The molecule has 2 aromatic rings. The largest absolute Gasteiger partial charge is 0.505 e. The number of carbonyl (C=O) groups excluding carboxylic acids is 1. The van der Waals surface area contributed by atoms with Crippen LogP contribution in [-0.4, -0.2) is 34.7 Å². The van der Waals surface area contributed by atoms with Crippen molar-refractivity contribution >= 4 is 57.8 Å². The van der Waals surface area contributed by atoms with Crippen LogP contribution in [0.4, 0.5) is 5.69 Å². The molecule has 2 aromatic carbocycles. The Hall–Kier alpha value is -2.15. The summed E-state index contributed by atoms with van der Waals surface area (Å²) in [7, 11) is 1.60. The number of methoxy groups -OCH3 is 1. The molecule has 8 heteroatoms. The average Bonchev–Trinajstić information content (AvgIpc) is 2.94. The van der Waals surface area contributed by atoms with E-state index in [-0.39, 0.29) is 21.7 Å². The first kappa shape index (κ1) is 19.6. The Balaban J connectivity index is 1.93. The van der Waals surface area contributed by atoms with Crippen molar-refractivity contribution < 1.29 is 14.6 Å². The standard InChI is InChI=1S/C19H16Cl2N2O3S/c1-3-23-18(25)16(10-11-8-14(20)17(24)15(21)9-11)27-19(23)22-12-4-6-13(26-2)7-5-12/h4-10,24H,3H2,1-2H3/b16-10-,22-19?. The van der Waals surface area contributed by atoms with Gasteiger partial charge < -0.3 is 9.84 Å². The van der Waals surface area contributed by atoms with E-state index in [1.54, 1.807) is 30.2 Å². The number of phenolic OH excluding ortho intramolecular Hbond substituents is 1. The third kappa shape index (κ3) is 4.24. The van der Waals surface area contributed by atoms with Gasteiger partial charge in [0, 0.05) is 6.54 Å². The predicted molar refractivity (Wildman–Crippen MR) is 111 cm³/mol. The zero-order valence-electron chi connectivity index (χ0n) is 14.6. The molecule has 1 amide bonds. The summed E-state index contributed by atoms with van der Waals surface area (Å²) in [4.78, 5) is 19.4. The maximum Gasteiger partial charge on any atom is 0.266 e. The Labute approximate surface area is 171 Å². The summed E-state index contributed by atoms with van der Waals surface area (Å²) in [5.41, 5.74) is 1.35. The van der Waals surface area contributed by atoms with E-state index in [4.69, 9.17) is 27.9 Å². The lowest BCUT2D eigenvalue weighted by Crippen LogP contribution is -2.28. The Morgan fingerprint density at radius 3 is 2.41 bits per heavy atom. The monoisotopic (exact) mass is 422 g/mol. The van der Waals surface area contributed by atoms with Crippen molar-refractivity contribution in [1.29, 1.82) is 0 Å². The van der Waals surface area contributed by atoms with Crippen LogP contribution in [0.25, 0.3) is 6.08 Å². The smallest absolute Gasteiger partial charge is 0.266 e. The number of hydrogen-bond donors (Lipinski definition) is 1. The second-order valence-corrected chi connectivity index (χ2v) is 7.41. The van der Waals surface area contributed by atoms with Crippen LogP contribution in [0.1, 0.15) is 12.5 Å². The number of ether oxygens (including phenoxy) is 1. The van der Waals surface area contributed by atoms with Gasteiger partial charge in [0.1, 0.15) is 5.75 Å². The second-order valence-electron chi connectivity index (χ2n) is 5.59. The minimum absolute atomic E-state index is 0.129. The molecule has 0 saturated carbocycles. The van der Waals surface area contributed by atoms with Crippen LogP contribution >= 0.6 is 35.0 Å². The summed E-state index contributed by atoms with van der Waals surface area (Å²) in [5, 5.41) is 10.5. The molecule has 0 radical (unpaired) electrons. The normalized spacial score (nSPS) is 17.2. The van der Waals surface area contributed by atoms with Gasteiger partial charge in [-0.2, -0.15) is 0 Å². The highest BCUT2D eigenvalue weighted by Crippen LogP contribution is 2.37. The van der Waals surface area contributed by atoms with Crippen molar-refractivity contribution in [1.82, 2.24) is 4.90 Å². The van der Waals surface area contributed by atoms with E-state index in [1.165, 1.54) is 11.8 Å². The number of hydrogen-bond acceptors (Lipinski definition) is 5. The van der Waals surface area contributed by atoms with Crippen LogP contribution < -0.4 is 4.74 Å². The zero-order chi connectivity index (χ0) is 19.6. The molecule has 1 aliphatic heterocycles. The van der Waals surface area contributed by atoms with Crippen LogP contribution in [0.2, 0.25) is 10.0 Å². The van der Waals surface area contributed by atoms with Crippen LogP contribution in [0.3, 0.4) is 0 Å². The maximum atomic E-state index is 12.7. The Morgan fingerprint density at radius 2 is 1.85 bits per heavy atom. The van der Waals surface area contributed by atoms with Crippen molar-refractivity contribution in [2.75, 3.05) is 13.7 Å². The Bertz CT molecular complexity index is 919. The minimum Gasteiger partial charge on any atom is -0.505 e. The SMILES string of the molecule is CCN1C(=O)/C(=C/c2cc(Cl)c(O)c(Cl)c2)SC1=Nc1ccc(OC)cc1. The highest BCUT2D eigenvalue weighted by molar-refractivity contribution is 8.18. The summed E-state index contributed by atoms with van der Waals surface area (Å²) in [6.07, 6.45) is 1.68. The molecule has 0 aliphatic carbocycles. The van der Waals surface area contributed by atoms with Gasteiger partial charge in [0.15, 0.2) is 10.9 Å². The van der Waals surface area contributed by atoms with Crippen molar-refractivity contribution in [3.63, 3.8) is 0 Å². The van der Waals surface area contributed by atoms with Gasteiger partial charge in [-0.25, -0.2) is 4.99 Å². The van der Waals surface area contributed by atoms with Gasteiger partial charge in [0.05, 0.1) is 27.7 Å². The number of amidine groups is 1. The van der Waals surface area contributed by atoms with Gasteiger partial charge in [-0.05, 0) is 66.7 Å². The molecule has 0 spiro atoms. The molecule has 1 saturated heterocycles. The molecular weight excluding hydrogens is 407 g/mol. The van der Waals surface area contributed by atoms with E-state index >= 15 is 0 Å². The fraction of sp³-hybridized carbons (Fsp3) is 0.158. The van der Waals surface area contributed by atoms with Crippen LogP contribution in [0.5, 0.6) is 11.5 Å². The van der Waals surface area contributed by atoms with Crippen molar-refractivity contribution in [3.8, 4) is 11.5 Å². The molecule has 0 bridgehead atoms. The van der Waals surface area contributed by atoms with E-state index in [0.29, 0.717) is 22.2 Å². The summed E-state index contributed by atoms with van der Waals surface area (Å²) in [6, 6.07) is 10.4. The lowest BCUT2D eigenvalue weighted by Gasteiger charge is -2.12. The molecule has 1 aliphatic rings. The molecule has 140 valence electrons. The Kier molecular flexibility index (Phi) is 5.99. The molecule has 1 heterocycles. The summed E-state index contributed by atoms with van der Waals surface area (Å²) >= 11 is 13.2. The number of nitrogens with zero attached hydrogens (tertiary/aromatic N) is 2. The van der Waals surface area contributed by atoms with Gasteiger partial charge in [0.2, 0.25) is 0 Å². The number of rotatable bonds is 4. The van der Waals surface area contributed by atoms with E-state index in [9.17, 15) is 9.90 Å². The first-order valence-electron chi connectivity index (χ1n) is 8.05. The zero-order valence-corrected chi connectivity index (χ0v) is 16.9. The lowest BCUT2D eigenvalue weighted by atomic mass is 10.2. The fourth-order valence-electron chi connectivity index (χ4n) is 2.46. The number of carbonyl (C=O) groups is 1. The van der Waals surface area contributed by atoms with E-state index in [0.717, 1.165) is 11.4 Å². The van der Waals surface area contributed by atoms with Gasteiger partial charge >= 0.3 is 0 Å². The number of likely N-dealkylation sites (N-methyl/N-ethyl adjacent to an activating group) is 1. The van der Waals surface area contributed by atoms with E-state index < -0.39 is 0 Å². The number of aromatic hydroxyl groups is 1. The highest BCUT2D eigenvalue weighted by Gasteiger charge is 2.32. The minimum atomic E-state index is -0.178. The molecular formula is C19H16Cl2N2O3S. The van der Waals surface area contributed by atoms with Gasteiger partial charge in [-0.1, -0.05) is 23.2 Å². The van der Waals surface area contributed by atoms with Gasteiger partial charge in [-0.15, -0.1) is 0 Å². The number of aliphatic imine (C=N–C) groups is 1. The summed E-state index contributed by atoms with van der Waals surface area (Å²) in [6.45, 7) is 2.38. The molecule has 27 heavy (non-hydrogen) atoms. The summed E-state index contributed by atoms with van der Waals surface area (Å²) in [5.74, 6) is 0.418. The van der Waals surface area contributed by atoms with E-state index in [1.807, 2.05) is 31.2 Å². The van der Waals surface area contributed by atoms with Crippen molar-refractivity contribution in [3.05, 3.63) is 56.9 Å². The van der Waals surface area contributed by atoms with Crippen LogP contribution in [-0.2, 0) is 4.79 Å². The first-order chi connectivity index (χ1) is 12.9. The number of halogens is 2. The third-order valence-corrected chi connectivity index (χ3v) is 5.42. The molecule has 3 rings (SSSR count). The molecule has 0 aromatic heterocycles. The average molecular weight is 423 g/mol. The first-order valence-corrected chi connectivity index (χ1v) is 9.62. The second kappa shape index (κ2) is 8.25. The molecule has 0 unspecified atom stereocenters. The Morgan fingerprint density at radius 1 is 1.22 bits per heavy atom. The summed E-state index contributed by atoms with van der Waals surface area (Å²) < 4.78 is 5.14. The molecule has 5 nitrogen and oxygen atoms in total.